The molecule has 6 heteroatoms. The number of benzene rings is 1. The second-order valence-electron chi connectivity index (χ2n) is 4.92. The van der Waals surface area contributed by atoms with Crippen molar-refractivity contribution in [2.24, 2.45) is 5.92 Å². The Bertz CT molecular complexity index is 564. The van der Waals surface area contributed by atoms with Gasteiger partial charge in [0, 0.05) is 22.3 Å². The highest BCUT2D eigenvalue weighted by Gasteiger charge is 2.25. The van der Waals surface area contributed by atoms with Gasteiger partial charge in [-0.2, -0.15) is 0 Å². The van der Waals surface area contributed by atoms with Gasteiger partial charge in [-0.25, -0.2) is 8.42 Å². The molecule has 1 N–H and O–H groups in total. The first-order valence-corrected chi connectivity index (χ1v) is 8.54. The summed E-state index contributed by atoms with van der Waals surface area (Å²) in [5, 5.41) is 2.93. The monoisotopic (exact) mass is 301 g/mol. The minimum Gasteiger partial charge on any atom is -0.349 e. The van der Waals surface area contributed by atoms with Gasteiger partial charge in [0.05, 0.1) is 4.90 Å². The van der Waals surface area contributed by atoms with E-state index in [0.717, 1.165) is 12.8 Å². The van der Waals surface area contributed by atoms with Crippen LogP contribution in [0, 0.1) is 5.92 Å². The lowest BCUT2D eigenvalue weighted by atomic mass is 9.80. The summed E-state index contributed by atoms with van der Waals surface area (Å²) in [5.41, 5.74) is 0.440. The molecule has 0 bridgehead atoms. The Kier molecular flexibility index (Phi) is 4.16. The third kappa shape index (κ3) is 3.48. The topological polar surface area (TPSA) is 63.2 Å². The average molecular weight is 302 g/mol. The Morgan fingerprint density at radius 2 is 1.89 bits per heavy atom. The minimum atomic E-state index is -3.74. The van der Waals surface area contributed by atoms with Crippen molar-refractivity contribution in [3.05, 3.63) is 29.8 Å². The predicted molar refractivity (Wildman–Crippen MR) is 73.8 cm³/mol. The smallest absolute Gasteiger partial charge is 0.261 e. The molecule has 1 aromatic carbocycles. The average Bonchev–Trinajstić information content (AvgIpc) is 2.25. The van der Waals surface area contributed by atoms with Crippen LogP contribution in [0.3, 0.4) is 0 Å². The second kappa shape index (κ2) is 5.51. The van der Waals surface area contributed by atoms with Crippen LogP contribution in [0.4, 0.5) is 0 Å². The quantitative estimate of drug-likeness (QED) is 0.869. The molecule has 1 aliphatic rings. The first kappa shape index (κ1) is 14.3. The van der Waals surface area contributed by atoms with Gasteiger partial charge in [-0.05, 0) is 49.9 Å². The van der Waals surface area contributed by atoms with E-state index < -0.39 is 9.05 Å². The lowest BCUT2D eigenvalue weighted by Crippen LogP contribution is -2.40. The van der Waals surface area contributed by atoms with Gasteiger partial charge in [0.2, 0.25) is 0 Å². The van der Waals surface area contributed by atoms with Gasteiger partial charge < -0.3 is 5.32 Å². The number of amides is 1. The van der Waals surface area contributed by atoms with E-state index in [1.807, 2.05) is 6.92 Å². The normalized spacial score (nSPS) is 17.6. The zero-order valence-electron chi connectivity index (χ0n) is 10.6. The van der Waals surface area contributed by atoms with Crippen LogP contribution in [0.1, 0.15) is 36.5 Å². The molecule has 1 amide bonds. The summed E-state index contributed by atoms with van der Waals surface area (Å²) in [4.78, 5) is 12.0. The maximum absolute atomic E-state index is 12.0. The molecule has 0 aromatic heterocycles. The van der Waals surface area contributed by atoms with Crippen LogP contribution in [-0.2, 0) is 9.05 Å². The second-order valence-corrected chi connectivity index (χ2v) is 7.48. The fourth-order valence-corrected chi connectivity index (χ4v) is 2.89. The van der Waals surface area contributed by atoms with Crippen LogP contribution in [-0.4, -0.2) is 20.4 Å². The summed E-state index contributed by atoms with van der Waals surface area (Å²) in [6.45, 7) is 2.00. The predicted octanol–water partition coefficient (Wildman–Crippen LogP) is 2.53. The van der Waals surface area contributed by atoms with Crippen LogP contribution in [0.25, 0.3) is 0 Å². The Labute approximate surface area is 117 Å². The van der Waals surface area contributed by atoms with E-state index in [1.165, 1.54) is 30.7 Å². The number of rotatable bonds is 4. The molecule has 0 aliphatic heterocycles. The van der Waals surface area contributed by atoms with Crippen molar-refractivity contribution in [2.75, 3.05) is 0 Å². The summed E-state index contributed by atoms with van der Waals surface area (Å²) in [5.74, 6) is 0.379. The van der Waals surface area contributed by atoms with Crippen molar-refractivity contribution < 1.29 is 13.2 Å². The molecule has 0 spiro atoms. The number of carbonyl (C=O) groups excluding carboxylic acids is 1. The van der Waals surface area contributed by atoms with Crippen molar-refractivity contribution in [3.63, 3.8) is 0 Å². The van der Waals surface area contributed by atoms with Crippen LogP contribution in [0.5, 0.6) is 0 Å². The first-order valence-electron chi connectivity index (χ1n) is 6.23. The van der Waals surface area contributed by atoms with Crippen molar-refractivity contribution in [3.8, 4) is 0 Å². The molecular formula is C13H16ClNO3S. The van der Waals surface area contributed by atoms with Gasteiger partial charge in [0.1, 0.15) is 0 Å². The minimum absolute atomic E-state index is 0.00208. The number of nitrogens with one attached hydrogen (secondary N) is 1. The lowest BCUT2D eigenvalue weighted by Gasteiger charge is -2.31. The van der Waals surface area contributed by atoms with Gasteiger partial charge >= 0.3 is 0 Å². The zero-order valence-corrected chi connectivity index (χ0v) is 12.2. The Hall–Kier alpha value is -1.07. The van der Waals surface area contributed by atoms with Crippen LogP contribution in [0.2, 0.25) is 0 Å². The fraction of sp³-hybridized carbons (Fsp3) is 0.462. The molecule has 1 atom stereocenters. The number of hydrogen-bond acceptors (Lipinski definition) is 3. The van der Waals surface area contributed by atoms with E-state index in [4.69, 9.17) is 10.7 Å². The molecule has 0 radical (unpaired) electrons. The first-order chi connectivity index (χ1) is 8.88. The van der Waals surface area contributed by atoms with E-state index in [2.05, 4.69) is 5.32 Å². The molecule has 104 valence electrons. The maximum Gasteiger partial charge on any atom is 0.261 e. The number of carbonyl (C=O) groups is 1. The lowest BCUT2D eigenvalue weighted by molar-refractivity contribution is 0.0909. The van der Waals surface area contributed by atoms with Gasteiger partial charge in [-0.15, -0.1) is 0 Å². The SMILES string of the molecule is CC(NC(=O)c1ccc(S(=O)(=O)Cl)cc1)C1CCC1. The molecule has 2 rings (SSSR count). The molecule has 1 aliphatic carbocycles. The van der Waals surface area contributed by atoms with Crippen LogP contribution < -0.4 is 5.32 Å². The van der Waals surface area contributed by atoms with E-state index in [-0.39, 0.29) is 16.8 Å². The Balaban J connectivity index is 2.03. The highest BCUT2D eigenvalue weighted by molar-refractivity contribution is 8.13. The third-order valence-electron chi connectivity index (χ3n) is 3.61. The van der Waals surface area contributed by atoms with Crippen molar-refractivity contribution in [2.45, 2.75) is 37.1 Å². The fourth-order valence-electron chi connectivity index (χ4n) is 2.12. The number of halogens is 1. The molecule has 1 aromatic rings. The van der Waals surface area contributed by atoms with Crippen LogP contribution in [0.15, 0.2) is 29.2 Å². The van der Waals surface area contributed by atoms with Crippen molar-refractivity contribution in [1.82, 2.24) is 5.32 Å². The summed E-state index contributed by atoms with van der Waals surface area (Å²) in [7, 11) is 1.48. The number of hydrogen-bond donors (Lipinski definition) is 1. The molecular weight excluding hydrogens is 286 g/mol. The summed E-state index contributed by atoms with van der Waals surface area (Å²) >= 11 is 0. The molecule has 1 saturated carbocycles. The summed E-state index contributed by atoms with van der Waals surface area (Å²) in [6.07, 6.45) is 3.54. The van der Waals surface area contributed by atoms with Gasteiger partial charge in [0.15, 0.2) is 0 Å². The van der Waals surface area contributed by atoms with E-state index in [0.29, 0.717) is 11.5 Å². The third-order valence-corrected chi connectivity index (χ3v) is 4.98. The van der Waals surface area contributed by atoms with Gasteiger partial charge in [-0.3, -0.25) is 4.79 Å². The van der Waals surface area contributed by atoms with Crippen molar-refractivity contribution >= 4 is 25.6 Å². The Morgan fingerprint density at radius 1 is 1.32 bits per heavy atom. The molecule has 1 unspecified atom stereocenters. The van der Waals surface area contributed by atoms with E-state index in [9.17, 15) is 13.2 Å². The maximum atomic E-state index is 12.0. The summed E-state index contributed by atoms with van der Waals surface area (Å²) < 4.78 is 22.2. The molecule has 0 saturated heterocycles. The highest BCUT2D eigenvalue weighted by atomic mass is 35.7. The Morgan fingerprint density at radius 3 is 2.32 bits per heavy atom. The molecule has 0 heterocycles. The zero-order chi connectivity index (χ0) is 14.0. The van der Waals surface area contributed by atoms with Crippen molar-refractivity contribution in [1.29, 1.82) is 0 Å². The van der Waals surface area contributed by atoms with Gasteiger partial charge in [0.25, 0.3) is 15.0 Å². The van der Waals surface area contributed by atoms with Gasteiger partial charge in [-0.1, -0.05) is 6.42 Å². The van der Waals surface area contributed by atoms with E-state index >= 15 is 0 Å². The van der Waals surface area contributed by atoms with Crippen LogP contribution >= 0.6 is 10.7 Å². The standard InChI is InChI=1S/C13H16ClNO3S/c1-9(10-3-2-4-10)15-13(16)11-5-7-12(8-6-11)19(14,17)18/h5-10H,2-4H2,1H3,(H,15,16). The highest BCUT2D eigenvalue weighted by Crippen LogP contribution is 2.29. The molecule has 1 fully saturated rings. The molecule has 19 heavy (non-hydrogen) atoms. The molecule has 4 nitrogen and oxygen atoms in total. The largest absolute Gasteiger partial charge is 0.349 e. The van der Waals surface area contributed by atoms with E-state index in [1.54, 1.807) is 0 Å². The summed E-state index contributed by atoms with van der Waals surface area (Å²) in [6, 6.07) is 5.77.